The van der Waals surface area contributed by atoms with Crippen LogP contribution in [0.15, 0.2) is 29.6 Å². The van der Waals surface area contributed by atoms with Gasteiger partial charge in [0.2, 0.25) is 0 Å². The highest BCUT2D eigenvalue weighted by Gasteiger charge is 2.34. The summed E-state index contributed by atoms with van der Waals surface area (Å²) in [6, 6.07) is 8.18. The summed E-state index contributed by atoms with van der Waals surface area (Å²) in [6.07, 6.45) is 1.07. The van der Waals surface area contributed by atoms with Gasteiger partial charge in [-0.15, -0.1) is 11.3 Å². The average molecular weight is 289 g/mol. The van der Waals surface area contributed by atoms with E-state index in [0.717, 1.165) is 28.6 Å². The molecule has 1 fully saturated rings. The van der Waals surface area contributed by atoms with Crippen LogP contribution >= 0.6 is 11.3 Å². The van der Waals surface area contributed by atoms with Gasteiger partial charge in [-0.25, -0.2) is 0 Å². The molecule has 1 aromatic carbocycles. The highest BCUT2D eigenvalue weighted by molar-refractivity contribution is 7.17. The van der Waals surface area contributed by atoms with Crippen LogP contribution in [0.1, 0.15) is 23.7 Å². The third kappa shape index (κ3) is 2.51. The molecule has 1 N–H and O–H groups in total. The molecule has 1 saturated heterocycles. The van der Waals surface area contributed by atoms with E-state index in [4.69, 9.17) is 4.74 Å². The number of ketones is 1. The van der Waals surface area contributed by atoms with E-state index in [-0.39, 0.29) is 17.7 Å². The minimum Gasteiger partial charge on any atom is -0.379 e. The number of carbonyl (C=O) groups excluding carboxylic acids is 1. The Balaban J connectivity index is 1.86. The van der Waals surface area contributed by atoms with Crippen LogP contribution < -0.4 is 5.32 Å². The first kappa shape index (κ1) is 13.7. The summed E-state index contributed by atoms with van der Waals surface area (Å²) in [6.45, 7) is 4.23. The van der Waals surface area contributed by atoms with E-state index in [0.29, 0.717) is 13.2 Å². The van der Waals surface area contributed by atoms with E-state index in [2.05, 4.69) is 24.4 Å². The molecule has 2 aromatic rings. The largest absolute Gasteiger partial charge is 0.379 e. The van der Waals surface area contributed by atoms with Crippen molar-refractivity contribution in [3.8, 4) is 0 Å². The quantitative estimate of drug-likeness (QED) is 0.860. The number of hydrogen-bond donors (Lipinski definition) is 1. The lowest BCUT2D eigenvalue weighted by atomic mass is 9.93. The van der Waals surface area contributed by atoms with Gasteiger partial charge >= 0.3 is 0 Å². The number of rotatable bonds is 5. The van der Waals surface area contributed by atoms with Crippen molar-refractivity contribution in [3.63, 3.8) is 0 Å². The summed E-state index contributed by atoms with van der Waals surface area (Å²) in [5.41, 5.74) is 0.844. The molecule has 0 radical (unpaired) electrons. The maximum absolute atomic E-state index is 12.8. The fourth-order valence-corrected chi connectivity index (χ4v) is 3.65. The number of carbonyl (C=O) groups is 1. The third-order valence-corrected chi connectivity index (χ3v) is 4.78. The van der Waals surface area contributed by atoms with E-state index >= 15 is 0 Å². The first-order chi connectivity index (χ1) is 9.81. The highest BCUT2D eigenvalue weighted by Crippen LogP contribution is 2.28. The van der Waals surface area contributed by atoms with Crippen LogP contribution in [0.4, 0.5) is 0 Å². The first-order valence-corrected chi connectivity index (χ1v) is 8.00. The molecule has 0 saturated carbocycles. The van der Waals surface area contributed by atoms with Crippen LogP contribution in [-0.4, -0.2) is 31.6 Å². The van der Waals surface area contributed by atoms with Crippen molar-refractivity contribution in [2.24, 2.45) is 5.92 Å². The number of ether oxygens (including phenoxy) is 1. The molecule has 3 nitrogen and oxygen atoms in total. The molecule has 106 valence electrons. The first-order valence-electron chi connectivity index (χ1n) is 7.13. The summed E-state index contributed by atoms with van der Waals surface area (Å²) < 4.78 is 6.62. The van der Waals surface area contributed by atoms with Crippen molar-refractivity contribution >= 4 is 27.2 Å². The van der Waals surface area contributed by atoms with Gasteiger partial charge in [-0.2, -0.15) is 0 Å². The van der Waals surface area contributed by atoms with Crippen LogP contribution in [0.25, 0.3) is 10.1 Å². The van der Waals surface area contributed by atoms with Gasteiger partial charge in [0.25, 0.3) is 0 Å². The van der Waals surface area contributed by atoms with E-state index in [1.807, 2.05) is 17.5 Å². The van der Waals surface area contributed by atoms with Crippen molar-refractivity contribution in [1.82, 2.24) is 5.32 Å². The van der Waals surface area contributed by atoms with Crippen molar-refractivity contribution < 1.29 is 9.53 Å². The Bertz CT molecular complexity index is 607. The SMILES string of the molecule is CCCNC1COCC1C(=O)c1cccc2ccsc12. The maximum atomic E-state index is 12.8. The zero-order valence-corrected chi connectivity index (χ0v) is 12.4. The zero-order chi connectivity index (χ0) is 13.9. The average Bonchev–Trinajstić information content (AvgIpc) is 3.12. The van der Waals surface area contributed by atoms with Crippen molar-refractivity contribution in [2.45, 2.75) is 19.4 Å². The number of Topliss-reactive ketones (excluding diaryl/α,β-unsaturated/α-hetero) is 1. The van der Waals surface area contributed by atoms with Gasteiger partial charge in [0.15, 0.2) is 5.78 Å². The van der Waals surface area contributed by atoms with E-state index < -0.39 is 0 Å². The van der Waals surface area contributed by atoms with Gasteiger partial charge in [-0.3, -0.25) is 4.79 Å². The summed E-state index contributed by atoms with van der Waals surface area (Å²) >= 11 is 1.64. The monoisotopic (exact) mass is 289 g/mol. The Kier molecular flexibility index (Phi) is 4.15. The second-order valence-electron chi connectivity index (χ2n) is 5.21. The second-order valence-corrected chi connectivity index (χ2v) is 6.13. The van der Waals surface area contributed by atoms with Gasteiger partial charge in [0.05, 0.1) is 19.1 Å². The standard InChI is InChI=1S/C16H19NO2S/c1-2-7-17-14-10-19-9-13(14)15(18)12-5-3-4-11-6-8-20-16(11)12/h3-6,8,13-14,17H,2,7,9-10H2,1H3. The van der Waals surface area contributed by atoms with Crippen molar-refractivity contribution in [3.05, 3.63) is 35.2 Å². The molecule has 0 spiro atoms. The second kappa shape index (κ2) is 6.04. The molecule has 3 rings (SSSR count). The fraction of sp³-hybridized carbons (Fsp3) is 0.438. The number of nitrogens with one attached hydrogen (secondary N) is 1. The molecule has 2 unspecified atom stereocenters. The van der Waals surface area contributed by atoms with Crippen molar-refractivity contribution in [2.75, 3.05) is 19.8 Å². The van der Waals surface area contributed by atoms with Gasteiger partial charge in [-0.1, -0.05) is 19.1 Å². The predicted octanol–water partition coefficient (Wildman–Crippen LogP) is 3.10. The predicted molar refractivity (Wildman–Crippen MR) is 82.5 cm³/mol. The van der Waals surface area contributed by atoms with Crippen LogP contribution in [0.3, 0.4) is 0 Å². The lowest BCUT2D eigenvalue weighted by Crippen LogP contribution is -2.39. The Labute approximate surface area is 122 Å². The number of fused-ring (bicyclic) bond motifs is 1. The Morgan fingerprint density at radius 2 is 2.30 bits per heavy atom. The Morgan fingerprint density at radius 3 is 3.15 bits per heavy atom. The number of thiophene rings is 1. The van der Waals surface area contributed by atoms with Gasteiger partial charge < -0.3 is 10.1 Å². The summed E-state index contributed by atoms with van der Waals surface area (Å²) in [5.74, 6) is 0.151. The van der Waals surface area contributed by atoms with E-state index in [1.165, 1.54) is 0 Å². The van der Waals surface area contributed by atoms with Crippen LogP contribution in [0.5, 0.6) is 0 Å². The van der Waals surface area contributed by atoms with E-state index in [9.17, 15) is 4.79 Å². The maximum Gasteiger partial charge on any atom is 0.171 e. The fourth-order valence-electron chi connectivity index (χ4n) is 2.73. The topological polar surface area (TPSA) is 38.3 Å². The molecule has 1 aliphatic rings. The minimum absolute atomic E-state index is 0.0609. The Morgan fingerprint density at radius 1 is 1.40 bits per heavy atom. The summed E-state index contributed by atoms with van der Waals surface area (Å²) in [7, 11) is 0. The molecular formula is C16H19NO2S. The Hall–Kier alpha value is -1.23. The molecule has 0 bridgehead atoms. The van der Waals surface area contributed by atoms with Gasteiger partial charge in [-0.05, 0) is 35.9 Å². The van der Waals surface area contributed by atoms with E-state index in [1.54, 1.807) is 11.3 Å². The molecule has 0 amide bonds. The molecular weight excluding hydrogens is 270 g/mol. The normalized spacial score (nSPS) is 22.4. The van der Waals surface area contributed by atoms with Crippen LogP contribution in [0.2, 0.25) is 0 Å². The smallest absolute Gasteiger partial charge is 0.171 e. The molecule has 1 aliphatic heterocycles. The summed E-state index contributed by atoms with van der Waals surface area (Å²) in [5, 5.41) is 6.62. The lowest BCUT2D eigenvalue weighted by Gasteiger charge is -2.18. The minimum atomic E-state index is -0.0609. The number of hydrogen-bond acceptors (Lipinski definition) is 4. The highest BCUT2D eigenvalue weighted by atomic mass is 32.1. The third-order valence-electron chi connectivity index (χ3n) is 3.82. The lowest BCUT2D eigenvalue weighted by molar-refractivity contribution is 0.0893. The van der Waals surface area contributed by atoms with Crippen LogP contribution in [-0.2, 0) is 4.74 Å². The summed E-state index contributed by atoms with van der Waals surface area (Å²) in [4.78, 5) is 12.8. The van der Waals surface area contributed by atoms with Crippen LogP contribution in [0, 0.1) is 5.92 Å². The molecule has 1 aromatic heterocycles. The molecule has 2 atom stereocenters. The molecule has 0 aliphatic carbocycles. The molecule has 20 heavy (non-hydrogen) atoms. The number of benzene rings is 1. The molecule has 4 heteroatoms. The molecule has 2 heterocycles. The van der Waals surface area contributed by atoms with Gasteiger partial charge in [0, 0.05) is 16.3 Å². The van der Waals surface area contributed by atoms with Crippen molar-refractivity contribution in [1.29, 1.82) is 0 Å². The zero-order valence-electron chi connectivity index (χ0n) is 11.6. The van der Waals surface area contributed by atoms with Gasteiger partial charge in [0.1, 0.15) is 0 Å².